The molecule has 0 unspecified atom stereocenters. The van der Waals surface area contributed by atoms with Gasteiger partial charge in [-0.15, -0.1) is 0 Å². The largest absolute Gasteiger partial charge is 0.496 e. The second kappa shape index (κ2) is 8.28. The molecule has 4 N–H and O–H groups in total. The molecule has 2 heterocycles. The molecule has 2 aromatic heterocycles. The van der Waals surface area contributed by atoms with Crippen molar-refractivity contribution in [1.82, 2.24) is 19.7 Å². The number of nitrogens with one attached hydrogen (secondary N) is 2. The van der Waals surface area contributed by atoms with Crippen LogP contribution in [-0.2, 0) is 0 Å². The van der Waals surface area contributed by atoms with Gasteiger partial charge in [0.15, 0.2) is 5.82 Å². The fourth-order valence-electron chi connectivity index (χ4n) is 2.50. The third-order valence-electron chi connectivity index (χ3n) is 3.85. The van der Waals surface area contributed by atoms with Gasteiger partial charge < -0.3 is 21.1 Å². The summed E-state index contributed by atoms with van der Waals surface area (Å²) >= 11 is 0. The molecule has 0 atom stereocenters. The minimum Gasteiger partial charge on any atom is -0.496 e. The molecular formula is C18H20N6O3. The van der Waals surface area contributed by atoms with E-state index in [4.69, 9.17) is 10.5 Å². The molecule has 3 rings (SSSR count). The molecule has 9 heteroatoms. The SMILES string of the molecule is COc1ccc(C(=O)Nc2cn3cccnc3n2)cc1C(=O)NCCCN. The van der Waals surface area contributed by atoms with Gasteiger partial charge in [0.05, 0.1) is 18.9 Å². The van der Waals surface area contributed by atoms with Crippen LogP contribution in [0.15, 0.2) is 42.9 Å². The van der Waals surface area contributed by atoms with Crippen molar-refractivity contribution in [3.05, 3.63) is 54.0 Å². The Labute approximate surface area is 155 Å². The van der Waals surface area contributed by atoms with E-state index in [0.717, 1.165) is 0 Å². The average Bonchev–Trinajstić information content (AvgIpc) is 3.09. The number of carbonyl (C=O) groups is 2. The summed E-state index contributed by atoms with van der Waals surface area (Å²) in [5.74, 6) is 0.503. The molecule has 0 aliphatic rings. The van der Waals surface area contributed by atoms with E-state index in [1.807, 2.05) is 0 Å². The predicted molar refractivity (Wildman–Crippen MR) is 99.9 cm³/mol. The van der Waals surface area contributed by atoms with Gasteiger partial charge in [-0.1, -0.05) is 0 Å². The number of carbonyl (C=O) groups excluding carboxylic acids is 2. The lowest BCUT2D eigenvalue weighted by molar-refractivity contribution is 0.0950. The summed E-state index contributed by atoms with van der Waals surface area (Å²) in [6.45, 7) is 0.927. The summed E-state index contributed by atoms with van der Waals surface area (Å²) in [7, 11) is 1.47. The Balaban J connectivity index is 1.79. The highest BCUT2D eigenvalue weighted by molar-refractivity contribution is 6.06. The van der Waals surface area contributed by atoms with E-state index < -0.39 is 5.91 Å². The molecule has 2 amide bonds. The van der Waals surface area contributed by atoms with Crippen LogP contribution in [0.5, 0.6) is 5.75 Å². The standard InChI is InChI=1S/C18H20N6O3/c1-27-14-5-4-12(10-13(14)17(26)20-7-2-6-19)16(25)22-15-11-24-9-3-8-21-18(24)23-15/h3-5,8-11H,2,6-7,19H2,1H3,(H,20,26)(H,22,25). The second-order valence-electron chi connectivity index (χ2n) is 5.72. The van der Waals surface area contributed by atoms with Crippen LogP contribution in [0, 0.1) is 0 Å². The van der Waals surface area contributed by atoms with Crippen LogP contribution in [-0.4, -0.2) is 46.4 Å². The number of aromatic nitrogens is 3. The van der Waals surface area contributed by atoms with Gasteiger partial charge in [0.2, 0.25) is 5.78 Å². The Bertz CT molecular complexity index is 936. The molecule has 0 spiro atoms. The molecule has 0 fully saturated rings. The number of anilines is 1. The summed E-state index contributed by atoms with van der Waals surface area (Å²) in [4.78, 5) is 33.2. The van der Waals surface area contributed by atoms with Gasteiger partial charge in [0.25, 0.3) is 11.8 Å². The first-order chi connectivity index (χ1) is 13.1. The zero-order valence-corrected chi connectivity index (χ0v) is 14.8. The third kappa shape index (κ3) is 4.21. The summed E-state index contributed by atoms with van der Waals surface area (Å²) in [5, 5.41) is 5.46. The highest BCUT2D eigenvalue weighted by Crippen LogP contribution is 2.21. The lowest BCUT2D eigenvalue weighted by Crippen LogP contribution is -2.26. The number of nitrogens with zero attached hydrogens (tertiary/aromatic N) is 3. The molecule has 27 heavy (non-hydrogen) atoms. The van der Waals surface area contributed by atoms with Crippen LogP contribution in [0.4, 0.5) is 5.82 Å². The first-order valence-electron chi connectivity index (χ1n) is 8.39. The maximum absolute atomic E-state index is 12.6. The molecule has 140 valence electrons. The van der Waals surface area contributed by atoms with Gasteiger partial charge in [-0.3, -0.25) is 14.0 Å². The second-order valence-corrected chi connectivity index (χ2v) is 5.72. The Morgan fingerprint density at radius 2 is 2.15 bits per heavy atom. The van der Waals surface area contributed by atoms with E-state index >= 15 is 0 Å². The summed E-state index contributed by atoms with van der Waals surface area (Å²) < 4.78 is 6.92. The zero-order chi connectivity index (χ0) is 19.2. The van der Waals surface area contributed by atoms with Crippen LogP contribution < -0.4 is 21.1 Å². The summed E-state index contributed by atoms with van der Waals surface area (Å²) in [6.07, 6.45) is 5.72. The Morgan fingerprint density at radius 3 is 2.89 bits per heavy atom. The molecule has 1 aromatic carbocycles. The van der Waals surface area contributed by atoms with Crippen molar-refractivity contribution in [2.75, 3.05) is 25.5 Å². The van der Waals surface area contributed by atoms with Crippen LogP contribution >= 0.6 is 0 Å². The van der Waals surface area contributed by atoms with Gasteiger partial charge in [-0.05, 0) is 37.2 Å². The van der Waals surface area contributed by atoms with E-state index in [1.54, 1.807) is 41.2 Å². The summed E-state index contributed by atoms with van der Waals surface area (Å²) in [6, 6.07) is 6.41. The Morgan fingerprint density at radius 1 is 1.30 bits per heavy atom. The number of hydrogen-bond acceptors (Lipinski definition) is 6. The number of hydrogen-bond donors (Lipinski definition) is 3. The number of methoxy groups -OCH3 is 1. The first kappa shape index (κ1) is 18.3. The monoisotopic (exact) mass is 368 g/mol. The third-order valence-corrected chi connectivity index (χ3v) is 3.85. The summed E-state index contributed by atoms with van der Waals surface area (Å²) in [5.41, 5.74) is 6.02. The first-order valence-corrected chi connectivity index (χ1v) is 8.39. The van der Waals surface area contributed by atoms with Crippen molar-refractivity contribution >= 4 is 23.4 Å². The van der Waals surface area contributed by atoms with Crippen LogP contribution in [0.2, 0.25) is 0 Å². The smallest absolute Gasteiger partial charge is 0.256 e. The average molecular weight is 368 g/mol. The quantitative estimate of drug-likeness (QED) is 0.536. The van der Waals surface area contributed by atoms with E-state index in [9.17, 15) is 9.59 Å². The lowest BCUT2D eigenvalue weighted by atomic mass is 10.1. The maximum Gasteiger partial charge on any atom is 0.256 e. The minimum atomic E-state index is -0.392. The van der Waals surface area contributed by atoms with Crippen LogP contribution in [0.3, 0.4) is 0 Å². The maximum atomic E-state index is 12.6. The van der Waals surface area contributed by atoms with E-state index in [1.165, 1.54) is 13.2 Å². The predicted octanol–water partition coefficient (Wildman–Crippen LogP) is 1.07. The van der Waals surface area contributed by atoms with E-state index in [-0.39, 0.29) is 11.5 Å². The van der Waals surface area contributed by atoms with Gasteiger partial charge in [-0.25, -0.2) is 4.98 Å². The molecule has 0 bridgehead atoms. The normalized spacial score (nSPS) is 10.6. The number of amides is 2. The number of imidazole rings is 1. The fourth-order valence-corrected chi connectivity index (χ4v) is 2.50. The highest BCUT2D eigenvalue weighted by Gasteiger charge is 2.16. The van der Waals surface area contributed by atoms with Gasteiger partial charge in [0.1, 0.15) is 5.75 Å². The Hall–Kier alpha value is -3.46. The van der Waals surface area contributed by atoms with Crippen molar-refractivity contribution < 1.29 is 14.3 Å². The van der Waals surface area contributed by atoms with Crippen LogP contribution in [0.1, 0.15) is 27.1 Å². The number of fused-ring (bicyclic) bond motifs is 1. The van der Waals surface area contributed by atoms with Crippen molar-refractivity contribution in [3.8, 4) is 5.75 Å². The van der Waals surface area contributed by atoms with Gasteiger partial charge in [-0.2, -0.15) is 4.98 Å². The van der Waals surface area contributed by atoms with Crippen molar-refractivity contribution in [2.45, 2.75) is 6.42 Å². The number of rotatable bonds is 7. The molecular weight excluding hydrogens is 348 g/mol. The van der Waals surface area contributed by atoms with E-state index in [2.05, 4.69) is 20.6 Å². The zero-order valence-electron chi connectivity index (χ0n) is 14.8. The van der Waals surface area contributed by atoms with E-state index in [0.29, 0.717) is 42.4 Å². The highest BCUT2D eigenvalue weighted by atomic mass is 16.5. The molecule has 9 nitrogen and oxygen atoms in total. The molecule has 0 saturated heterocycles. The Kier molecular flexibility index (Phi) is 5.62. The molecule has 0 saturated carbocycles. The van der Waals surface area contributed by atoms with Crippen LogP contribution in [0.25, 0.3) is 5.78 Å². The van der Waals surface area contributed by atoms with Gasteiger partial charge >= 0.3 is 0 Å². The molecule has 3 aromatic rings. The fraction of sp³-hybridized carbons (Fsp3) is 0.222. The molecule has 0 radical (unpaired) electrons. The van der Waals surface area contributed by atoms with Gasteiger partial charge in [0, 0.05) is 24.5 Å². The van der Waals surface area contributed by atoms with Crippen molar-refractivity contribution in [2.24, 2.45) is 5.73 Å². The molecule has 0 aliphatic heterocycles. The lowest BCUT2D eigenvalue weighted by Gasteiger charge is -2.11. The molecule has 0 aliphatic carbocycles. The number of benzene rings is 1. The topological polar surface area (TPSA) is 124 Å². The number of nitrogens with two attached hydrogens (primary N) is 1. The number of ether oxygens (including phenoxy) is 1. The van der Waals surface area contributed by atoms with Crippen molar-refractivity contribution in [3.63, 3.8) is 0 Å². The van der Waals surface area contributed by atoms with Crippen molar-refractivity contribution in [1.29, 1.82) is 0 Å². The minimum absolute atomic E-state index is 0.277.